The summed E-state index contributed by atoms with van der Waals surface area (Å²) in [6, 6.07) is 7.94. The highest BCUT2D eigenvalue weighted by Gasteiger charge is 2.42. The molecule has 0 saturated carbocycles. The van der Waals surface area contributed by atoms with E-state index in [1.807, 2.05) is 0 Å². The van der Waals surface area contributed by atoms with Crippen LogP contribution in [0.1, 0.15) is 63.5 Å². The van der Waals surface area contributed by atoms with Crippen LogP contribution in [0.4, 0.5) is 4.79 Å². The van der Waals surface area contributed by atoms with Crippen molar-refractivity contribution in [1.82, 2.24) is 4.90 Å². The van der Waals surface area contributed by atoms with Crippen molar-refractivity contribution in [2.75, 3.05) is 20.3 Å². The van der Waals surface area contributed by atoms with E-state index < -0.39 is 41.3 Å². The summed E-state index contributed by atoms with van der Waals surface area (Å²) in [5.74, 6) is -4.07. The molecule has 0 radical (unpaired) electrons. The van der Waals surface area contributed by atoms with Crippen molar-refractivity contribution in [3.8, 4) is 0 Å². The number of ketones is 2. The third kappa shape index (κ3) is 8.03. The summed E-state index contributed by atoms with van der Waals surface area (Å²) in [6.45, 7) is 1.07. The maximum absolute atomic E-state index is 13.3. The quantitative estimate of drug-likeness (QED) is 0.181. The third-order valence-corrected chi connectivity index (χ3v) is 5.37. The number of nitrogens with zero attached hydrogens (tertiary/aromatic N) is 1. The molecule has 1 aromatic carbocycles. The SMILES string of the molecule is COC(C(=O)N1C(=O)OCC1c1ccccc1)=C(OC(C)=O)C(=O)CCC(=O)CCCCCCO. The smallest absolute Gasteiger partial charge is 0.417 e. The second-order valence-corrected chi connectivity index (χ2v) is 7.98. The van der Waals surface area contributed by atoms with Gasteiger partial charge in [-0.15, -0.1) is 0 Å². The first kappa shape index (κ1) is 27.7. The van der Waals surface area contributed by atoms with E-state index >= 15 is 0 Å². The van der Waals surface area contributed by atoms with E-state index in [1.165, 1.54) is 0 Å². The van der Waals surface area contributed by atoms with Gasteiger partial charge in [-0.25, -0.2) is 9.69 Å². The first-order chi connectivity index (χ1) is 16.8. The highest BCUT2D eigenvalue weighted by atomic mass is 16.6. The van der Waals surface area contributed by atoms with Gasteiger partial charge in [-0.05, 0) is 18.4 Å². The maximum atomic E-state index is 13.3. The first-order valence-electron chi connectivity index (χ1n) is 11.5. The minimum atomic E-state index is -0.997. The molecule has 190 valence electrons. The van der Waals surface area contributed by atoms with Crippen LogP contribution < -0.4 is 0 Å². The maximum Gasteiger partial charge on any atom is 0.417 e. The van der Waals surface area contributed by atoms with E-state index in [2.05, 4.69) is 0 Å². The number of cyclic esters (lactones) is 1. The lowest BCUT2D eigenvalue weighted by molar-refractivity contribution is -0.141. The Kier molecular flexibility index (Phi) is 11.1. The Morgan fingerprint density at radius 1 is 1.00 bits per heavy atom. The van der Waals surface area contributed by atoms with Gasteiger partial charge in [0, 0.05) is 32.8 Å². The highest BCUT2D eigenvalue weighted by molar-refractivity contribution is 6.09. The van der Waals surface area contributed by atoms with E-state index in [4.69, 9.17) is 19.3 Å². The molecule has 0 spiro atoms. The number of ether oxygens (including phenoxy) is 3. The molecule has 0 aromatic heterocycles. The van der Waals surface area contributed by atoms with Crippen LogP contribution >= 0.6 is 0 Å². The van der Waals surface area contributed by atoms with Gasteiger partial charge in [0.25, 0.3) is 0 Å². The molecule has 1 fully saturated rings. The average molecular weight is 490 g/mol. The number of rotatable bonds is 14. The second-order valence-electron chi connectivity index (χ2n) is 7.98. The van der Waals surface area contributed by atoms with Gasteiger partial charge in [-0.3, -0.25) is 19.2 Å². The Morgan fingerprint density at radius 2 is 1.69 bits per heavy atom. The number of Topliss-reactive ketones (excluding diaryl/α,β-unsaturated/α-hetero) is 2. The molecule has 2 rings (SSSR count). The molecule has 10 nitrogen and oxygen atoms in total. The number of hydrogen-bond acceptors (Lipinski definition) is 9. The standard InChI is InChI=1S/C25H31NO9/c1-17(28)35-22(21(30)14-13-19(29)12-8-3-4-9-15-27)23(33-2)24(31)26-20(16-34-25(26)32)18-10-6-5-7-11-18/h5-7,10-11,20,27H,3-4,8-9,12-16H2,1-2H3. The number of aliphatic hydroxyl groups excluding tert-OH is 1. The van der Waals surface area contributed by atoms with Crippen LogP contribution in [0.25, 0.3) is 0 Å². The van der Waals surface area contributed by atoms with Crippen molar-refractivity contribution >= 4 is 29.5 Å². The zero-order chi connectivity index (χ0) is 25.8. The van der Waals surface area contributed by atoms with Gasteiger partial charge < -0.3 is 19.3 Å². The van der Waals surface area contributed by atoms with Crippen LogP contribution in [0.3, 0.4) is 0 Å². The number of carbonyl (C=O) groups excluding carboxylic acids is 5. The Hall–Kier alpha value is -3.53. The number of hydrogen-bond donors (Lipinski definition) is 1. The third-order valence-electron chi connectivity index (χ3n) is 5.37. The summed E-state index contributed by atoms with van der Waals surface area (Å²) in [7, 11) is 1.11. The fourth-order valence-corrected chi connectivity index (χ4v) is 3.61. The molecule has 1 aliphatic rings. The lowest BCUT2D eigenvalue weighted by Gasteiger charge is -2.21. The van der Waals surface area contributed by atoms with Gasteiger partial charge in [-0.2, -0.15) is 0 Å². The highest BCUT2D eigenvalue weighted by Crippen LogP contribution is 2.30. The van der Waals surface area contributed by atoms with Crippen molar-refractivity contribution in [3.05, 3.63) is 47.4 Å². The Labute approximate surface area is 203 Å². The molecular formula is C25H31NO9. The Bertz CT molecular complexity index is 955. The lowest BCUT2D eigenvalue weighted by atomic mass is 10.0. The number of esters is 1. The molecule has 1 saturated heterocycles. The normalized spacial score (nSPS) is 15.8. The van der Waals surface area contributed by atoms with Crippen molar-refractivity contribution in [2.24, 2.45) is 0 Å². The number of unbranched alkanes of at least 4 members (excludes halogenated alkanes) is 3. The molecule has 2 amide bonds. The fraction of sp³-hybridized carbons (Fsp3) is 0.480. The van der Waals surface area contributed by atoms with Crippen LogP contribution in [-0.4, -0.2) is 59.9 Å². The number of benzene rings is 1. The predicted molar refractivity (Wildman–Crippen MR) is 123 cm³/mol. The molecular weight excluding hydrogens is 458 g/mol. The summed E-state index contributed by atoms with van der Waals surface area (Å²) in [5, 5.41) is 8.79. The van der Waals surface area contributed by atoms with E-state index in [0.717, 1.165) is 31.8 Å². The molecule has 35 heavy (non-hydrogen) atoms. The predicted octanol–water partition coefficient (Wildman–Crippen LogP) is 2.99. The van der Waals surface area contributed by atoms with Crippen LogP contribution in [0.5, 0.6) is 0 Å². The van der Waals surface area contributed by atoms with E-state index in [9.17, 15) is 24.0 Å². The van der Waals surface area contributed by atoms with Gasteiger partial charge >= 0.3 is 18.0 Å². The molecule has 1 N–H and O–H groups in total. The van der Waals surface area contributed by atoms with Crippen molar-refractivity contribution < 1.29 is 43.3 Å². The lowest BCUT2D eigenvalue weighted by Crippen LogP contribution is -2.37. The van der Waals surface area contributed by atoms with Crippen molar-refractivity contribution in [3.63, 3.8) is 0 Å². The molecule has 10 heteroatoms. The summed E-state index contributed by atoms with van der Waals surface area (Å²) >= 11 is 0. The van der Waals surface area contributed by atoms with Gasteiger partial charge in [-0.1, -0.05) is 43.2 Å². The number of carbonyl (C=O) groups is 5. The minimum Gasteiger partial charge on any atom is -0.488 e. The van der Waals surface area contributed by atoms with Crippen LogP contribution in [0.2, 0.25) is 0 Å². The van der Waals surface area contributed by atoms with Crippen LogP contribution in [-0.2, 0) is 33.4 Å². The summed E-state index contributed by atoms with van der Waals surface area (Å²) in [5.41, 5.74) is 0.632. The molecule has 1 unspecified atom stereocenters. The number of amides is 2. The minimum absolute atomic E-state index is 0.0881. The number of imide groups is 1. The zero-order valence-corrected chi connectivity index (χ0v) is 20.0. The molecule has 1 atom stereocenters. The summed E-state index contributed by atoms with van der Waals surface area (Å²) in [4.78, 5) is 63.2. The van der Waals surface area contributed by atoms with E-state index in [-0.39, 0.29) is 38.3 Å². The molecule has 1 aliphatic heterocycles. The molecule has 1 heterocycles. The van der Waals surface area contributed by atoms with E-state index in [0.29, 0.717) is 18.4 Å². The Morgan fingerprint density at radius 3 is 2.31 bits per heavy atom. The summed E-state index contributed by atoms with van der Waals surface area (Å²) in [6.07, 6.45) is 1.86. The number of allylic oxidation sites excluding steroid dienone is 1. The van der Waals surface area contributed by atoms with Gasteiger partial charge in [0.15, 0.2) is 0 Å². The molecule has 0 aliphatic carbocycles. The number of aliphatic hydroxyl groups is 1. The fourth-order valence-electron chi connectivity index (χ4n) is 3.61. The first-order valence-corrected chi connectivity index (χ1v) is 11.5. The summed E-state index contributed by atoms with van der Waals surface area (Å²) < 4.78 is 15.2. The number of methoxy groups -OCH3 is 1. The molecule has 0 bridgehead atoms. The van der Waals surface area contributed by atoms with Gasteiger partial charge in [0.1, 0.15) is 18.4 Å². The van der Waals surface area contributed by atoms with E-state index in [1.54, 1.807) is 30.3 Å². The van der Waals surface area contributed by atoms with Crippen molar-refractivity contribution in [1.29, 1.82) is 0 Å². The zero-order valence-electron chi connectivity index (χ0n) is 20.0. The average Bonchev–Trinajstić information content (AvgIpc) is 3.23. The monoisotopic (exact) mass is 489 g/mol. The second kappa shape index (κ2) is 14.0. The Balaban J connectivity index is 2.19. The van der Waals surface area contributed by atoms with Gasteiger partial charge in [0.2, 0.25) is 17.3 Å². The van der Waals surface area contributed by atoms with Gasteiger partial charge in [0.05, 0.1) is 7.11 Å². The largest absolute Gasteiger partial charge is 0.488 e. The van der Waals surface area contributed by atoms with Crippen molar-refractivity contribution in [2.45, 2.75) is 57.9 Å². The van der Waals surface area contributed by atoms with Crippen LogP contribution in [0.15, 0.2) is 41.9 Å². The van der Waals surface area contributed by atoms with Crippen LogP contribution in [0, 0.1) is 0 Å². The molecule has 1 aromatic rings. The topological polar surface area (TPSA) is 137 Å².